The summed E-state index contributed by atoms with van der Waals surface area (Å²) in [5, 5.41) is 17.9. The van der Waals surface area contributed by atoms with Gasteiger partial charge in [-0.15, -0.1) is 0 Å². The standard InChI is InChI=1S/C18H15NO3/c1-13-2-6-15(7-3-13)16(11-19)10-14-4-8-17(9-5-14)22-12-18(20)21/h2-10H,12H2,1H3,(H,20,21)/b16-10-. The van der Waals surface area contributed by atoms with Crippen molar-refractivity contribution in [3.05, 3.63) is 65.2 Å². The van der Waals surface area contributed by atoms with E-state index >= 15 is 0 Å². The van der Waals surface area contributed by atoms with Crippen LogP contribution in [0, 0.1) is 18.3 Å². The molecule has 0 aliphatic carbocycles. The van der Waals surface area contributed by atoms with Gasteiger partial charge in [-0.2, -0.15) is 5.26 Å². The van der Waals surface area contributed by atoms with Crippen molar-refractivity contribution in [2.24, 2.45) is 0 Å². The van der Waals surface area contributed by atoms with Crippen LogP contribution in [0.5, 0.6) is 5.75 Å². The first-order chi connectivity index (χ1) is 10.6. The van der Waals surface area contributed by atoms with E-state index in [1.807, 2.05) is 31.2 Å². The van der Waals surface area contributed by atoms with Crippen molar-refractivity contribution in [2.75, 3.05) is 6.61 Å². The summed E-state index contributed by atoms with van der Waals surface area (Å²) in [4.78, 5) is 10.4. The summed E-state index contributed by atoms with van der Waals surface area (Å²) < 4.78 is 5.07. The van der Waals surface area contributed by atoms with Crippen LogP contribution in [0.2, 0.25) is 0 Å². The number of aryl methyl sites for hydroxylation is 1. The second-order valence-electron chi connectivity index (χ2n) is 4.79. The fourth-order valence-corrected chi connectivity index (χ4v) is 1.89. The smallest absolute Gasteiger partial charge is 0.341 e. The molecule has 0 aromatic heterocycles. The zero-order valence-corrected chi connectivity index (χ0v) is 12.1. The van der Waals surface area contributed by atoms with E-state index in [2.05, 4.69) is 6.07 Å². The predicted molar refractivity (Wildman–Crippen MR) is 84.2 cm³/mol. The lowest BCUT2D eigenvalue weighted by atomic mass is 10.0. The Balaban J connectivity index is 2.18. The first kappa shape index (κ1) is 15.3. The maximum atomic E-state index is 10.4. The molecular formula is C18H15NO3. The lowest BCUT2D eigenvalue weighted by Crippen LogP contribution is -2.09. The number of benzene rings is 2. The van der Waals surface area contributed by atoms with Gasteiger partial charge in [0.15, 0.2) is 6.61 Å². The second kappa shape index (κ2) is 7.09. The molecule has 0 spiro atoms. The van der Waals surface area contributed by atoms with Gasteiger partial charge in [-0.05, 0) is 36.3 Å². The Morgan fingerprint density at radius 1 is 1.18 bits per heavy atom. The molecule has 0 radical (unpaired) electrons. The average molecular weight is 293 g/mol. The fourth-order valence-electron chi connectivity index (χ4n) is 1.89. The van der Waals surface area contributed by atoms with Crippen molar-refractivity contribution in [1.29, 1.82) is 5.26 Å². The third kappa shape index (κ3) is 4.22. The van der Waals surface area contributed by atoms with Crippen molar-refractivity contribution in [2.45, 2.75) is 6.92 Å². The van der Waals surface area contributed by atoms with Crippen LogP contribution in [-0.4, -0.2) is 17.7 Å². The third-order valence-electron chi connectivity index (χ3n) is 3.04. The lowest BCUT2D eigenvalue weighted by Gasteiger charge is -2.04. The van der Waals surface area contributed by atoms with Crippen molar-refractivity contribution in [1.82, 2.24) is 0 Å². The second-order valence-corrected chi connectivity index (χ2v) is 4.79. The highest BCUT2D eigenvalue weighted by atomic mass is 16.5. The topological polar surface area (TPSA) is 70.3 Å². The molecule has 2 aromatic rings. The molecular weight excluding hydrogens is 278 g/mol. The van der Waals surface area contributed by atoms with E-state index in [0.29, 0.717) is 11.3 Å². The molecule has 0 saturated carbocycles. The Labute approximate surface area is 128 Å². The van der Waals surface area contributed by atoms with Gasteiger partial charge in [-0.25, -0.2) is 4.79 Å². The number of nitriles is 1. The quantitative estimate of drug-likeness (QED) is 0.676. The number of aliphatic carboxylic acids is 1. The number of hydrogen-bond acceptors (Lipinski definition) is 3. The van der Waals surface area contributed by atoms with Crippen LogP contribution < -0.4 is 4.74 Å². The molecule has 0 amide bonds. The highest BCUT2D eigenvalue weighted by molar-refractivity contribution is 5.89. The molecule has 0 fully saturated rings. The minimum absolute atomic E-state index is 0.373. The molecule has 2 rings (SSSR count). The summed E-state index contributed by atoms with van der Waals surface area (Å²) >= 11 is 0. The molecule has 22 heavy (non-hydrogen) atoms. The zero-order chi connectivity index (χ0) is 15.9. The van der Waals surface area contributed by atoms with Gasteiger partial charge < -0.3 is 9.84 Å². The average Bonchev–Trinajstić information content (AvgIpc) is 2.52. The first-order valence-electron chi connectivity index (χ1n) is 6.72. The minimum Gasteiger partial charge on any atom is -0.482 e. The number of carbonyl (C=O) groups is 1. The van der Waals surface area contributed by atoms with Gasteiger partial charge in [-0.1, -0.05) is 42.0 Å². The maximum Gasteiger partial charge on any atom is 0.341 e. The van der Waals surface area contributed by atoms with E-state index in [0.717, 1.165) is 16.7 Å². The molecule has 1 N–H and O–H groups in total. The molecule has 110 valence electrons. The van der Waals surface area contributed by atoms with Crippen LogP contribution in [-0.2, 0) is 4.79 Å². The van der Waals surface area contributed by atoms with E-state index in [9.17, 15) is 10.1 Å². The van der Waals surface area contributed by atoms with E-state index in [-0.39, 0.29) is 6.61 Å². The predicted octanol–water partition coefficient (Wildman–Crippen LogP) is 3.52. The summed E-state index contributed by atoms with van der Waals surface area (Å²) in [5.41, 5.74) is 3.42. The lowest BCUT2D eigenvalue weighted by molar-refractivity contribution is -0.139. The normalized spacial score (nSPS) is 10.8. The van der Waals surface area contributed by atoms with Crippen LogP contribution in [0.25, 0.3) is 11.6 Å². The van der Waals surface area contributed by atoms with E-state index < -0.39 is 5.97 Å². The van der Waals surface area contributed by atoms with Crippen LogP contribution in [0.15, 0.2) is 48.5 Å². The molecule has 0 bridgehead atoms. The van der Waals surface area contributed by atoms with Crippen molar-refractivity contribution in [3.63, 3.8) is 0 Å². The van der Waals surface area contributed by atoms with Crippen molar-refractivity contribution >= 4 is 17.6 Å². The van der Waals surface area contributed by atoms with Crippen molar-refractivity contribution in [3.8, 4) is 11.8 Å². The van der Waals surface area contributed by atoms with Gasteiger partial charge in [-0.3, -0.25) is 0 Å². The molecule has 0 heterocycles. The van der Waals surface area contributed by atoms with Gasteiger partial charge >= 0.3 is 5.97 Å². The molecule has 4 nitrogen and oxygen atoms in total. The van der Waals surface area contributed by atoms with Gasteiger partial charge in [0.05, 0.1) is 11.6 Å². The van der Waals surface area contributed by atoms with E-state index in [1.54, 1.807) is 30.3 Å². The Morgan fingerprint density at radius 3 is 2.36 bits per heavy atom. The molecule has 2 aromatic carbocycles. The Morgan fingerprint density at radius 2 is 1.82 bits per heavy atom. The summed E-state index contributed by atoms with van der Waals surface area (Å²) in [6.45, 7) is 1.62. The van der Waals surface area contributed by atoms with E-state index in [1.165, 1.54) is 0 Å². The first-order valence-corrected chi connectivity index (χ1v) is 6.72. The Bertz CT molecular complexity index is 722. The van der Waals surface area contributed by atoms with Gasteiger partial charge in [0.1, 0.15) is 5.75 Å². The van der Waals surface area contributed by atoms with Crippen LogP contribution in [0.4, 0.5) is 0 Å². The number of rotatable bonds is 5. The number of ether oxygens (including phenoxy) is 1. The largest absolute Gasteiger partial charge is 0.482 e. The maximum absolute atomic E-state index is 10.4. The molecule has 0 aliphatic heterocycles. The van der Waals surface area contributed by atoms with Gasteiger partial charge in [0.2, 0.25) is 0 Å². The van der Waals surface area contributed by atoms with Crippen LogP contribution in [0.1, 0.15) is 16.7 Å². The SMILES string of the molecule is Cc1ccc(/C(C#N)=C\c2ccc(OCC(=O)O)cc2)cc1. The number of allylic oxidation sites excluding steroid dienone is 1. The fraction of sp³-hybridized carbons (Fsp3) is 0.111. The molecule has 0 aliphatic rings. The third-order valence-corrected chi connectivity index (χ3v) is 3.04. The molecule has 4 heteroatoms. The highest BCUT2D eigenvalue weighted by Crippen LogP contribution is 2.20. The Kier molecular flexibility index (Phi) is 4.94. The van der Waals surface area contributed by atoms with Gasteiger partial charge in [0.25, 0.3) is 0 Å². The number of carboxylic acids is 1. The number of nitrogens with zero attached hydrogens (tertiary/aromatic N) is 1. The highest BCUT2D eigenvalue weighted by Gasteiger charge is 2.02. The van der Waals surface area contributed by atoms with Crippen molar-refractivity contribution < 1.29 is 14.6 Å². The minimum atomic E-state index is -1.02. The summed E-state index contributed by atoms with van der Waals surface area (Å²) in [6.07, 6.45) is 1.78. The zero-order valence-electron chi connectivity index (χ0n) is 12.1. The van der Waals surface area contributed by atoms with E-state index in [4.69, 9.17) is 9.84 Å². The molecule has 0 unspecified atom stereocenters. The molecule has 0 atom stereocenters. The molecule has 0 saturated heterocycles. The Hall–Kier alpha value is -3.06. The van der Waals surface area contributed by atoms with Crippen LogP contribution in [0.3, 0.4) is 0 Å². The van der Waals surface area contributed by atoms with Gasteiger partial charge in [0, 0.05) is 0 Å². The number of hydrogen-bond donors (Lipinski definition) is 1. The van der Waals surface area contributed by atoms with Crippen LogP contribution >= 0.6 is 0 Å². The summed E-state index contributed by atoms with van der Waals surface area (Å²) in [5.74, 6) is -0.538. The summed E-state index contributed by atoms with van der Waals surface area (Å²) in [7, 11) is 0. The number of carboxylic acid groups (broad SMARTS) is 1. The monoisotopic (exact) mass is 293 g/mol. The summed E-state index contributed by atoms with van der Waals surface area (Å²) in [6, 6.07) is 16.9.